The lowest BCUT2D eigenvalue weighted by molar-refractivity contribution is -0.111. The van der Waals surface area contributed by atoms with Gasteiger partial charge in [0, 0.05) is 23.9 Å². The van der Waals surface area contributed by atoms with Gasteiger partial charge in [-0.15, -0.1) is 0 Å². The number of nitrogens with zero attached hydrogens (tertiary/aromatic N) is 2. The van der Waals surface area contributed by atoms with Crippen LogP contribution in [0.5, 0.6) is 11.5 Å². The average Bonchev–Trinajstić information content (AvgIpc) is 3.28. The maximum absolute atomic E-state index is 12.4. The van der Waals surface area contributed by atoms with Crippen LogP contribution >= 0.6 is 0 Å². The molecule has 1 aromatic heterocycles. The third-order valence-corrected chi connectivity index (χ3v) is 5.19. The number of nitrogens with one attached hydrogen (secondary N) is 1. The molecule has 0 fully saturated rings. The number of hydrogen-bond donors (Lipinski definition) is 1. The molecule has 3 aromatic carbocycles. The number of carbonyl (C=O) groups excluding carboxylic acids is 1. The molecule has 0 unspecified atom stereocenters. The van der Waals surface area contributed by atoms with Crippen LogP contribution in [0.3, 0.4) is 0 Å². The molecule has 1 N–H and O–H groups in total. The predicted molar refractivity (Wildman–Crippen MR) is 134 cm³/mol. The molecule has 0 aliphatic heterocycles. The monoisotopic (exact) mass is 453 g/mol. The zero-order valence-corrected chi connectivity index (χ0v) is 19.3. The number of methoxy groups -OCH3 is 1. The summed E-state index contributed by atoms with van der Waals surface area (Å²) in [5.41, 5.74) is 4.04. The van der Waals surface area contributed by atoms with Gasteiger partial charge in [0.05, 0.1) is 13.7 Å². The summed E-state index contributed by atoms with van der Waals surface area (Å²) in [6, 6.07) is 25.4. The van der Waals surface area contributed by atoms with E-state index in [4.69, 9.17) is 9.47 Å². The molecular weight excluding hydrogens is 426 g/mol. The molecule has 0 bridgehead atoms. The zero-order valence-electron chi connectivity index (χ0n) is 19.3. The highest BCUT2D eigenvalue weighted by Gasteiger charge is 2.07. The summed E-state index contributed by atoms with van der Waals surface area (Å²) in [5.74, 6) is 1.79. The van der Waals surface area contributed by atoms with E-state index in [-0.39, 0.29) is 5.91 Å². The first-order chi connectivity index (χ1) is 16.6. The summed E-state index contributed by atoms with van der Waals surface area (Å²) in [7, 11) is 1.63. The topological polar surface area (TPSA) is 65.4 Å². The third kappa shape index (κ3) is 6.36. The van der Waals surface area contributed by atoms with Gasteiger partial charge < -0.3 is 14.8 Å². The van der Waals surface area contributed by atoms with Crippen molar-refractivity contribution in [1.82, 2.24) is 9.78 Å². The van der Waals surface area contributed by atoms with E-state index in [1.165, 1.54) is 6.08 Å². The van der Waals surface area contributed by atoms with Gasteiger partial charge in [0.15, 0.2) is 5.82 Å². The summed E-state index contributed by atoms with van der Waals surface area (Å²) in [5, 5.41) is 7.21. The Kier molecular flexibility index (Phi) is 7.40. The maximum Gasteiger partial charge on any atom is 0.249 e. The SMILES string of the molecule is COc1ccc(/C=C/C(=O)Nc2ccn(Cc3ccccc3)n2)cc1COc1cccc(C)c1. The lowest BCUT2D eigenvalue weighted by Crippen LogP contribution is -2.09. The molecule has 172 valence electrons. The van der Waals surface area contributed by atoms with Crippen molar-refractivity contribution in [2.75, 3.05) is 12.4 Å². The fraction of sp³-hybridized carbons (Fsp3) is 0.143. The summed E-state index contributed by atoms with van der Waals surface area (Å²) < 4.78 is 13.2. The van der Waals surface area contributed by atoms with Crippen LogP contribution in [0.4, 0.5) is 5.82 Å². The van der Waals surface area contributed by atoms with Gasteiger partial charge in [0.25, 0.3) is 0 Å². The Labute approximate surface area is 199 Å². The van der Waals surface area contributed by atoms with E-state index >= 15 is 0 Å². The van der Waals surface area contributed by atoms with Crippen molar-refractivity contribution >= 4 is 17.8 Å². The van der Waals surface area contributed by atoms with Crippen LogP contribution in [0, 0.1) is 6.92 Å². The van der Waals surface area contributed by atoms with Gasteiger partial charge in [-0.2, -0.15) is 5.10 Å². The number of hydrogen-bond acceptors (Lipinski definition) is 4. The minimum atomic E-state index is -0.252. The Bertz CT molecular complexity index is 1280. The molecule has 0 atom stereocenters. The van der Waals surface area contributed by atoms with Crippen molar-refractivity contribution in [2.45, 2.75) is 20.1 Å². The van der Waals surface area contributed by atoms with Gasteiger partial charge in [0.1, 0.15) is 18.1 Å². The van der Waals surface area contributed by atoms with Crippen molar-refractivity contribution in [2.24, 2.45) is 0 Å². The lowest BCUT2D eigenvalue weighted by Gasteiger charge is -2.11. The molecule has 4 aromatic rings. The first-order valence-electron chi connectivity index (χ1n) is 11.0. The molecule has 0 radical (unpaired) electrons. The zero-order chi connectivity index (χ0) is 23.8. The molecule has 0 aliphatic rings. The molecule has 0 spiro atoms. The number of rotatable bonds is 9. The highest BCUT2D eigenvalue weighted by molar-refractivity contribution is 6.01. The van der Waals surface area contributed by atoms with E-state index in [1.54, 1.807) is 23.9 Å². The molecule has 6 nitrogen and oxygen atoms in total. The van der Waals surface area contributed by atoms with Crippen molar-refractivity contribution < 1.29 is 14.3 Å². The Hall–Kier alpha value is -4.32. The van der Waals surface area contributed by atoms with Crippen molar-refractivity contribution in [3.8, 4) is 11.5 Å². The van der Waals surface area contributed by atoms with Crippen molar-refractivity contribution in [1.29, 1.82) is 0 Å². The second kappa shape index (κ2) is 11.0. The molecule has 0 saturated carbocycles. The first kappa shape index (κ1) is 22.9. The Balaban J connectivity index is 1.37. The molecule has 1 heterocycles. The molecular formula is C28H27N3O3. The van der Waals surface area contributed by atoms with E-state index in [9.17, 15) is 4.79 Å². The normalized spacial score (nSPS) is 10.9. The summed E-state index contributed by atoms with van der Waals surface area (Å²) in [6.45, 7) is 3.03. The lowest BCUT2D eigenvalue weighted by atomic mass is 10.1. The number of benzene rings is 3. The van der Waals surface area contributed by atoms with Crippen molar-refractivity contribution in [3.63, 3.8) is 0 Å². The first-order valence-corrected chi connectivity index (χ1v) is 11.0. The molecule has 1 amide bonds. The molecule has 0 aliphatic carbocycles. The van der Waals surface area contributed by atoms with Crippen LogP contribution in [0.1, 0.15) is 22.3 Å². The van der Waals surface area contributed by atoms with Gasteiger partial charge in [-0.05, 0) is 54.0 Å². The summed E-state index contributed by atoms with van der Waals surface area (Å²) in [4.78, 5) is 12.4. The van der Waals surface area contributed by atoms with E-state index in [1.807, 2.05) is 85.9 Å². The van der Waals surface area contributed by atoms with E-state index in [0.717, 1.165) is 33.8 Å². The third-order valence-electron chi connectivity index (χ3n) is 5.19. The minimum absolute atomic E-state index is 0.252. The predicted octanol–water partition coefficient (Wildman–Crippen LogP) is 5.48. The largest absolute Gasteiger partial charge is 0.496 e. The van der Waals surface area contributed by atoms with E-state index in [2.05, 4.69) is 10.4 Å². The minimum Gasteiger partial charge on any atom is -0.496 e. The summed E-state index contributed by atoms with van der Waals surface area (Å²) >= 11 is 0. The highest BCUT2D eigenvalue weighted by atomic mass is 16.5. The standard InChI is InChI=1S/C28H27N3O3/c1-21-7-6-10-25(17-21)34-20-24-18-22(11-13-26(24)33-2)12-14-28(32)29-27-15-16-31(30-27)19-23-8-4-3-5-9-23/h3-18H,19-20H2,1-2H3,(H,29,30,32)/b14-12+. The van der Waals surface area contributed by atoms with Crippen LogP contribution in [0.2, 0.25) is 0 Å². The van der Waals surface area contributed by atoms with E-state index < -0.39 is 0 Å². The van der Waals surface area contributed by atoms with Crippen LogP contribution in [-0.2, 0) is 17.9 Å². The number of carbonyl (C=O) groups is 1. The molecule has 34 heavy (non-hydrogen) atoms. The maximum atomic E-state index is 12.4. The number of ether oxygens (including phenoxy) is 2. The quantitative estimate of drug-likeness (QED) is 0.341. The number of anilines is 1. The summed E-state index contributed by atoms with van der Waals surface area (Å²) in [6.07, 6.45) is 5.09. The van der Waals surface area contributed by atoms with Gasteiger partial charge >= 0.3 is 0 Å². The fourth-order valence-corrected chi connectivity index (χ4v) is 3.51. The van der Waals surface area contributed by atoms with Crippen LogP contribution in [-0.4, -0.2) is 22.8 Å². The second-order valence-electron chi connectivity index (χ2n) is 7.88. The van der Waals surface area contributed by atoms with Gasteiger partial charge in [-0.3, -0.25) is 9.48 Å². The van der Waals surface area contributed by atoms with Gasteiger partial charge in [-0.1, -0.05) is 48.5 Å². The van der Waals surface area contributed by atoms with Crippen LogP contribution < -0.4 is 14.8 Å². The second-order valence-corrected chi connectivity index (χ2v) is 7.88. The van der Waals surface area contributed by atoms with Gasteiger partial charge in [0.2, 0.25) is 5.91 Å². The molecule has 6 heteroatoms. The number of aromatic nitrogens is 2. The number of aryl methyl sites for hydroxylation is 1. The smallest absolute Gasteiger partial charge is 0.249 e. The Morgan fingerprint density at radius 1 is 1.03 bits per heavy atom. The molecule has 0 saturated heterocycles. The fourth-order valence-electron chi connectivity index (χ4n) is 3.51. The van der Waals surface area contributed by atoms with Gasteiger partial charge in [-0.25, -0.2) is 0 Å². The Morgan fingerprint density at radius 3 is 2.68 bits per heavy atom. The Morgan fingerprint density at radius 2 is 1.88 bits per heavy atom. The molecule has 4 rings (SSSR count). The van der Waals surface area contributed by atoms with E-state index in [0.29, 0.717) is 19.0 Å². The van der Waals surface area contributed by atoms with Crippen LogP contribution in [0.15, 0.2) is 91.1 Å². The highest BCUT2D eigenvalue weighted by Crippen LogP contribution is 2.23. The van der Waals surface area contributed by atoms with Crippen molar-refractivity contribution in [3.05, 3.63) is 113 Å². The number of amides is 1. The average molecular weight is 454 g/mol. The van der Waals surface area contributed by atoms with Crippen LogP contribution in [0.25, 0.3) is 6.08 Å².